The Morgan fingerprint density at radius 2 is 0.708 bits per heavy atom. The van der Waals surface area contributed by atoms with Gasteiger partial charge in [-0.05, 0) is 157 Å². The van der Waals surface area contributed by atoms with Crippen LogP contribution in [-0.2, 0) is 30.0 Å². The zero-order valence-corrected chi connectivity index (χ0v) is 54.5. The quantitative estimate of drug-likeness (QED) is 0.160. The van der Waals surface area contributed by atoms with Crippen molar-refractivity contribution in [2.75, 3.05) is 0 Å². The zero-order valence-electron chi connectivity index (χ0n) is 51.1. The van der Waals surface area contributed by atoms with Crippen LogP contribution in [0, 0.1) is 0 Å². The van der Waals surface area contributed by atoms with Gasteiger partial charge in [0.1, 0.15) is 34.5 Å². The Labute approximate surface area is 560 Å². The second-order valence-corrected chi connectivity index (χ2v) is 34.1. The largest absolute Gasteiger partial charge is 0.456 e. The van der Waals surface area contributed by atoms with Gasteiger partial charge in [-0.25, -0.2) is 0 Å². The van der Waals surface area contributed by atoms with Crippen LogP contribution in [0.1, 0.15) is 17.7 Å². The van der Waals surface area contributed by atoms with E-state index in [1.165, 1.54) is 21.7 Å². The van der Waals surface area contributed by atoms with Gasteiger partial charge in [-0.15, -0.1) is 0 Å². The molecule has 2 unspecified atom stereocenters. The maximum Gasteiger partial charge on any atom is 0.164 e. The van der Waals surface area contributed by atoms with E-state index in [-0.39, 0.29) is 0 Å². The standard InChI is InChI=1S/C84H50N4O4P2S2/c95-93-79-42-38-51(85-61-24-7-1-18-53(61)54-19-2-8-25-62(54)85)46-75(79)89-73-32-17-33-74(83(73)93)90-76-47-52(39-43-80(76)93)86-63-26-9-5-22-57(63)59-44-49(36-40-67(59)86)50-37-41-68-60(45-50)58-23-6-12-29-66(58)88(68)70-48-69(87-64-27-10-3-20-55(64)56-21-4-11-28-65(56)87)81-84-82(70)92-72-31-14-16-35-78(72)94(84,96)77-34-15-13-30-71(77)91-81/h1-3,5-20,22-48H,4,21H2. The number of benzene rings is 13. The number of allylic oxidation sites excluding steroid dienone is 1. The number of rotatable bonds is 5. The molecule has 0 saturated heterocycles. The van der Waals surface area contributed by atoms with E-state index in [9.17, 15) is 0 Å². The molecule has 0 bridgehead atoms. The molecular formula is C84H50N4O4P2S2. The van der Waals surface area contributed by atoms with Crippen molar-refractivity contribution in [3.63, 3.8) is 0 Å². The second-order valence-electron chi connectivity index (χ2n) is 25.6. The van der Waals surface area contributed by atoms with Crippen LogP contribution in [0.3, 0.4) is 0 Å². The van der Waals surface area contributed by atoms with Gasteiger partial charge < -0.3 is 37.2 Å². The summed E-state index contributed by atoms with van der Waals surface area (Å²) in [7, 11) is 0. The first-order valence-corrected chi connectivity index (χ1v) is 38.1. The SMILES string of the molecule is S=P12c3ccc(-n4c5ccccc5c5ccccc54)cc3Oc3cccc(c31)Oc1cc(-n3c4ccccc4c4cc(-c5ccc6c(c5)c5ccccc5n6-c5cc(-n6c7c(c8ccccc86)CCC=C7)c6c7c5Oc5ccccc5P7(=S)c5ccccc5O6)ccc43)ccc12. The maximum absolute atomic E-state index is 7.36. The molecule has 8 heterocycles. The number of hydrogen-bond donors (Lipinski definition) is 0. The molecule has 0 saturated carbocycles. The normalized spacial score (nSPS) is 16.7. The summed E-state index contributed by atoms with van der Waals surface area (Å²) in [5.74, 6) is 6.09. The van der Waals surface area contributed by atoms with Gasteiger partial charge in [0, 0.05) is 88.1 Å². The predicted molar refractivity (Wildman–Crippen MR) is 402 cm³/mol. The summed E-state index contributed by atoms with van der Waals surface area (Å²) in [5.41, 5.74) is 16.3. The maximum atomic E-state index is 7.36. The highest BCUT2D eigenvalue weighted by Crippen LogP contribution is 2.63. The number of para-hydroxylation sites is 7. The van der Waals surface area contributed by atoms with Crippen LogP contribution >= 0.6 is 12.1 Å². The van der Waals surface area contributed by atoms with E-state index in [1.807, 2.05) is 18.2 Å². The molecule has 0 amide bonds. The van der Waals surface area contributed by atoms with E-state index in [4.69, 9.17) is 42.6 Å². The molecule has 0 spiro atoms. The minimum atomic E-state index is -2.82. The van der Waals surface area contributed by atoms with Crippen molar-refractivity contribution < 1.29 is 18.9 Å². The Kier molecular flexibility index (Phi) is 10.8. The fourth-order valence-corrected chi connectivity index (χ4v) is 25.6. The number of aryl methyl sites for hydroxylation is 1. The van der Waals surface area contributed by atoms with Gasteiger partial charge in [-0.1, -0.05) is 163 Å². The molecule has 8 nitrogen and oxygen atoms in total. The lowest BCUT2D eigenvalue weighted by molar-refractivity contribution is 0.463. The summed E-state index contributed by atoms with van der Waals surface area (Å²) >= 11 is 14.4. The van der Waals surface area contributed by atoms with Crippen LogP contribution in [0.25, 0.3) is 116 Å². The number of fused-ring (bicyclic) bond motifs is 20. The van der Waals surface area contributed by atoms with Gasteiger partial charge >= 0.3 is 0 Å². The van der Waals surface area contributed by atoms with Crippen LogP contribution in [0.4, 0.5) is 0 Å². The third-order valence-corrected chi connectivity index (χ3v) is 30.5. The summed E-state index contributed by atoms with van der Waals surface area (Å²) in [6.45, 7) is 0. The molecule has 0 radical (unpaired) electrons. The van der Waals surface area contributed by atoms with Gasteiger partial charge in [0.05, 0.1) is 72.7 Å². The number of nitrogens with zero attached hydrogens (tertiary/aromatic N) is 4. The van der Waals surface area contributed by atoms with E-state index >= 15 is 0 Å². The smallest absolute Gasteiger partial charge is 0.164 e. The second kappa shape index (κ2) is 19.4. The summed E-state index contributed by atoms with van der Waals surface area (Å²) in [5, 5.41) is 14.2. The van der Waals surface area contributed by atoms with E-state index in [0.29, 0.717) is 0 Å². The Morgan fingerprint density at radius 3 is 1.25 bits per heavy atom. The van der Waals surface area contributed by atoms with Gasteiger partial charge in [0.15, 0.2) is 11.5 Å². The summed E-state index contributed by atoms with van der Waals surface area (Å²) < 4.78 is 38.1. The molecule has 5 aliphatic rings. The highest BCUT2D eigenvalue weighted by molar-refractivity contribution is 8.26. The first-order valence-electron chi connectivity index (χ1n) is 32.5. The fourth-order valence-electron chi connectivity index (χ4n) is 16.7. The van der Waals surface area contributed by atoms with Crippen molar-refractivity contribution in [2.45, 2.75) is 12.8 Å². The Balaban J connectivity index is 0.692. The Hall–Kier alpha value is -11.0. The number of hydrogen-bond acceptors (Lipinski definition) is 6. The molecule has 1 aliphatic carbocycles. The van der Waals surface area contributed by atoms with Crippen LogP contribution < -0.4 is 50.8 Å². The van der Waals surface area contributed by atoms with Crippen molar-refractivity contribution in [3.8, 4) is 79.9 Å². The molecule has 22 rings (SSSR count). The number of ether oxygens (including phenoxy) is 4. The molecule has 2 atom stereocenters. The lowest BCUT2D eigenvalue weighted by Gasteiger charge is -2.39. The van der Waals surface area contributed by atoms with E-state index in [2.05, 4.69) is 279 Å². The lowest BCUT2D eigenvalue weighted by Crippen LogP contribution is -2.36. The van der Waals surface area contributed by atoms with Crippen molar-refractivity contribution >= 4 is 150 Å². The van der Waals surface area contributed by atoms with Crippen LogP contribution in [-0.4, -0.2) is 18.3 Å². The first kappa shape index (κ1) is 53.4. The van der Waals surface area contributed by atoms with Crippen molar-refractivity contribution in [3.05, 3.63) is 284 Å². The molecule has 0 N–H and O–H groups in total. The molecule has 12 heteroatoms. The van der Waals surface area contributed by atoms with Crippen molar-refractivity contribution in [1.82, 2.24) is 18.3 Å². The van der Waals surface area contributed by atoms with Crippen LogP contribution in [0.2, 0.25) is 0 Å². The highest BCUT2D eigenvalue weighted by atomic mass is 32.4. The summed E-state index contributed by atoms with van der Waals surface area (Å²) in [6.07, 6.45) is 6.53. The zero-order chi connectivity index (χ0) is 62.9. The van der Waals surface area contributed by atoms with E-state index in [0.717, 1.165) is 190 Å². The molecule has 4 aliphatic heterocycles. The van der Waals surface area contributed by atoms with Gasteiger partial charge in [-0.3, -0.25) is 0 Å². The fraction of sp³-hybridized carbons (Fsp3) is 0.0238. The third-order valence-electron chi connectivity index (χ3n) is 20.7. The number of aromatic nitrogens is 4. The molecule has 0 fully saturated rings. The van der Waals surface area contributed by atoms with Crippen molar-refractivity contribution in [2.24, 2.45) is 0 Å². The first-order chi connectivity index (χ1) is 47.4. The summed E-state index contributed by atoms with van der Waals surface area (Å²) in [4.78, 5) is 0. The highest BCUT2D eigenvalue weighted by Gasteiger charge is 2.47. The van der Waals surface area contributed by atoms with E-state index < -0.39 is 12.1 Å². The van der Waals surface area contributed by atoms with Crippen molar-refractivity contribution in [1.29, 1.82) is 0 Å². The predicted octanol–water partition coefficient (Wildman–Crippen LogP) is 19.5. The summed E-state index contributed by atoms with van der Waals surface area (Å²) in [6, 6.07) is 90.3. The Bertz CT molecular complexity index is 6520. The monoisotopic (exact) mass is 1300 g/mol. The average molecular weight is 1310 g/mol. The van der Waals surface area contributed by atoms with Gasteiger partial charge in [0.2, 0.25) is 0 Å². The third kappa shape index (κ3) is 6.98. The topological polar surface area (TPSA) is 56.6 Å². The molecule has 4 aromatic heterocycles. The van der Waals surface area contributed by atoms with E-state index in [1.54, 1.807) is 0 Å². The lowest BCUT2D eigenvalue weighted by atomic mass is 10.0. The van der Waals surface area contributed by atoms with Crippen LogP contribution in [0.5, 0.6) is 46.0 Å². The van der Waals surface area contributed by atoms with Gasteiger partial charge in [0.25, 0.3) is 0 Å². The molecule has 17 aromatic rings. The minimum absolute atomic E-state index is 0.730. The average Bonchev–Trinajstić information content (AvgIpc) is 0.894. The molecule has 96 heavy (non-hydrogen) atoms. The van der Waals surface area contributed by atoms with Gasteiger partial charge in [-0.2, -0.15) is 0 Å². The molecule has 13 aromatic carbocycles. The molecular weight excluding hydrogens is 1260 g/mol. The van der Waals surface area contributed by atoms with Crippen LogP contribution in [0.15, 0.2) is 273 Å². The molecule has 452 valence electrons. The Morgan fingerprint density at radius 1 is 0.302 bits per heavy atom. The minimum Gasteiger partial charge on any atom is -0.456 e.